The summed E-state index contributed by atoms with van der Waals surface area (Å²) in [6, 6.07) is 1.29. The van der Waals surface area contributed by atoms with Gasteiger partial charge in [-0.3, -0.25) is 14.4 Å². The molecule has 2 heterocycles. The second-order valence-corrected chi connectivity index (χ2v) is 11.1. The highest BCUT2D eigenvalue weighted by atomic mass is 16.5. The lowest BCUT2D eigenvalue weighted by Crippen LogP contribution is -2.59. The minimum Gasteiger partial charge on any atom is -0.361 e. The van der Waals surface area contributed by atoms with E-state index in [-0.39, 0.29) is 35.4 Å². The summed E-state index contributed by atoms with van der Waals surface area (Å²) in [5, 5.41) is 7.05. The average Bonchev–Trinajstić information content (AvgIpc) is 3.81. The average molecular weight is 486 g/mol. The van der Waals surface area contributed by atoms with Gasteiger partial charge in [0.25, 0.3) is 5.91 Å². The number of aryl methyl sites for hydroxylation is 1. The van der Waals surface area contributed by atoms with Gasteiger partial charge in [-0.2, -0.15) is 0 Å². The fraction of sp³-hybridized carbons (Fsp3) is 0.769. The summed E-state index contributed by atoms with van der Waals surface area (Å²) in [6.45, 7) is 3.53. The van der Waals surface area contributed by atoms with Crippen LogP contribution in [0.25, 0.3) is 0 Å². The molecule has 1 saturated heterocycles. The minimum atomic E-state index is -0.619. The molecule has 35 heavy (non-hydrogen) atoms. The fourth-order valence-corrected chi connectivity index (χ4v) is 5.89. The van der Waals surface area contributed by atoms with Crippen molar-refractivity contribution in [2.45, 2.75) is 89.3 Å². The van der Waals surface area contributed by atoms with Crippen molar-refractivity contribution in [3.63, 3.8) is 0 Å². The van der Waals surface area contributed by atoms with E-state index >= 15 is 0 Å². The van der Waals surface area contributed by atoms with E-state index in [1.807, 2.05) is 0 Å². The van der Waals surface area contributed by atoms with Gasteiger partial charge in [0.15, 0.2) is 5.69 Å². The largest absolute Gasteiger partial charge is 0.361 e. The van der Waals surface area contributed by atoms with Crippen LogP contribution in [0.3, 0.4) is 0 Å². The summed E-state index contributed by atoms with van der Waals surface area (Å²) in [5.74, 6) is 1.60. The topological polar surface area (TPSA) is 122 Å². The number of likely N-dealkylation sites (tertiary alicyclic amines) is 1. The number of piperidine rings is 1. The molecule has 1 unspecified atom stereocenters. The molecule has 192 valence electrons. The molecule has 0 aromatic carbocycles. The van der Waals surface area contributed by atoms with Crippen molar-refractivity contribution in [3.8, 4) is 0 Å². The Labute approximate surface area is 207 Å². The van der Waals surface area contributed by atoms with Gasteiger partial charge in [0.05, 0.1) is 0 Å². The molecular formula is C26H39N5O4. The van der Waals surface area contributed by atoms with Crippen molar-refractivity contribution in [1.29, 1.82) is 0 Å². The summed E-state index contributed by atoms with van der Waals surface area (Å²) < 4.78 is 5.12. The molecule has 1 aromatic heterocycles. The summed E-state index contributed by atoms with van der Waals surface area (Å²) in [7, 11) is 0. The maximum absolute atomic E-state index is 13.5. The summed E-state index contributed by atoms with van der Waals surface area (Å²) >= 11 is 0. The first kappa shape index (κ1) is 24.3. The lowest BCUT2D eigenvalue weighted by molar-refractivity contribution is -0.139. The van der Waals surface area contributed by atoms with Crippen LogP contribution in [-0.4, -0.2) is 70.4 Å². The quantitative estimate of drug-likeness (QED) is 0.582. The zero-order valence-electron chi connectivity index (χ0n) is 20.8. The second-order valence-electron chi connectivity index (χ2n) is 11.1. The zero-order valence-corrected chi connectivity index (χ0v) is 20.8. The van der Waals surface area contributed by atoms with E-state index in [9.17, 15) is 14.4 Å². The molecule has 1 aliphatic heterocycles. The number of amides is 3. The number of nitrogens with one attached hydrogen (secondary N) is 1. The molecule has 5 rings (SSSR count). The monoisotopic (exact) mass is 485 g/mol. The van der Waals surface area contributed by atoms with Gasteiger partial charge >= 0.3 is 0 Å². The number of nitrogens with two attached hydrogens (primary N) is 1. The van der Waals surface area contributed by atoms with Crippen molar-refractivity contribution in [3.05, 3.63) is 17.5 Å². The molecule has 2 atom stereocenters. The molecule has 9 heteroatoms. The smallest absolute Gasteiger partial charge is 0.276 e. The Hall–Kier alpha value is -2.42. The molecule has 0 bridgehead atoms. The molecule has 4 aliphatic rings. The van der Waals surface area contributed by atoms with Crippen LogP contribution in [0, 0.1) is 24.7 Å². The van der Waals surface area contributed by atoms with Crippen molar-refractivity contribution >= 4 is 17.7 Å². The third kappa shape index (κ3) is 5.55. The predicted octanol–water partition coefficient (Wildman–Crippen LogP) is 2.24. The minimum absolute atomic E-state index is 0.00515. The van der Waals surface area contributed by atoms with Crippen LogP contribution in [-0.2, 0) is 9.59 Å². The number of carbonyl (C=O) groups excluding carboxylic acids is 3. The van der Waals surface area contributed by atoms with E-state index in [0.29, 0.717) is 49.6 Å². The van der Waals surface area contributed by atoms with Crippen LogP contribution in [0.2, 0.25) is 0 Å². The predicted molar refractivity (Wildman–Crippen MR) is 129 cm³/mol. The van der Waals surface area contributed by atoms with Crippen molar-refractivity contribution < 1.29 is 18.9 Å². The standard InChI is InChI=1S/C26H39N5O4/c1-16-12-22(29-35-16)26(34)30-11-10-21(31(20-8-9-20)25(33)19-6-7-19)13-23(30)24(32)28-15-18-4-2-17(14-27)3-5-18/h12,17-21,23H,2-11,13-15,27H2,1H3,(H,28,32)/t17?,18?,21?,23-/m1/s1. The third-order valence-electron chi connectivity index (χ3n) is 8.36. The lowest BCUT2D eigenvalue weighted by atomic mass is 9.82. The Balaban J connectivity index is 1.28. The van der Waals surface area contributed by atoms with Crippen LogP contribution in [0.5, 0.6) is 0 Å². The van der Waals surface area contributed by atoms with Gasteiger partial charge in [-0.15, -0.1) is 0 Å². The summed E-state index contributed by atoms with van der Waals surface area (Å²) in [4.78, 5) is 43.6. The van der Waals surface area contributed by atoms with Gasteiger partial charge in [-0.05, 0) is 89.5 Å². The number of nitrogens with zero attached hydrogens (tertiary/aromatic N) is 3. The number of rotatable bonds is 8. The van der Waals surface area contributed by atoms with Gasteiger partial charge in [0.1, 0.15) is 11.8 Å². The van der Waals surface area contributed by atoms with E-state index < -0.39 is 6.04 Å². The van der Waals surface area contributed by atoms with Crippen LogP contribution in [0.1, 0.15) is 80.5 Å². The van der Waals surface area contributed by atoms with E-state index in [1.54, 1.807) is 17.9 Å². The van der Waals surface area contributed by atoms with Gasteiger partial charge in [-0.25, -0.2) is 0 Å². The molecule has 1 aromatic rings. The molecule has 3 amide bonds. The Bertz CT molecular complexity index is 932. The summed E-state index contributed by atoms with van der Waals surface area (Å²) in [6.07, 6.45) is 9.55. The third-order valence-corrected chi connectivity index (χ3v) is 8.36. The van der Waals surface area contributed by atoms with Gasteiger partial charge in [-0.1, -0.05) is 5.16 Å². The molecule has 9 nitrogen and oxygen atoms in total. The first-order valence-electron chi connectivity index (χ1n) is 13.5. The van der Waals surface area contributed by atoms with Gasteiger partial charge in [0, 0.05) is 37.2 Å². The Morgan fingerprint density at radius 2 is 1.77 bits per heavy atom. The molecular weight excluding hydrogens is 446 g/mol. The van der Waals surface area contributed by atoms with Crippen molar-refractivity contribution in [2.24, 2.45) is 23.5 Å². The molecule has 3 N–H and O–H groups in total. The fourth-order valence-electron chi connectivity index (χ4n) is 5.89. The second kappa shape index (κ2) is 10.3. The zero-order chi connectivity index (χ0) is 24.5. The van der Waals surface area contributed by atoms with E-state index in [0.717, 1.165) is 57.9 Å². The molecule has 0 radical (unpaired) electrons. The number of carbonyl (C=O) groups is 3. The number of aromatic nitrogens is 1. The first-order chi connectivity index (χ1) is 16.9. The maximum atomic E-state index is 13.5. The highest BCUT2D eigenvalue weighted by Crippen LogP contribution is 2.39. The van der Waals surface area contributed by atoms with Crippen LogP contribution in [0.15, 0.2) is 10.6 Å². The Kier molecular flexibility index (Phi) is 7.14. The van der Waals surface area contributed by atoms with Crippen molar-refractivity contribution in [1.82, 2.24) is 20.3 Å². The van der Waals surface area contributed by atoms with Crippen molar-refractivity contribution in [2.75, 3.05) is 19.6 Å². The molecule has 4 fully saturated rings. The van der Waals surface area contributed by atoms with Gasteiger partial charge < -0.3 is 25.4 Å². The number of hydrogen-bond donors (Lipinski definition) is 2. The summed E-state index contributed by atoms with van der Waals surface area (Å²) in [5.41, 5.74) is 6.05. The van der Waals surface area contributed by atoms with E-state index in [1.165, 1.54) is 0 Å². The Morgan fingerprint density at radius 3 is 2.37 bits per heavy atom. The van der Waals surface area contributed by atoms with Crippen LogP contribution in [0.4, 0.5) is 0 Å². The normalized spacial score (nSPS) is 29.0. The number of hydrogen-bond acceptors (Lipinski definition) is 6. The highest BCUT2D eigenvalue weighted by molar-refractivity contribution is 5.96. The Morgan fingerprint density at radius 1 is 1.06 bits per heavy atom. The van der Waals surface area contributed by atoms with Crippen LogP contribution < -0.4 is 11.1 Å². The van der Waals surface area contributed by atoms with E-state index in [2.05, 4.69) is 15.4 Å². The first-order valence-corrected chi connectivity index (χ1v) is 13.5. The van der Waals surface area contributed by atoms with E-state index in [4.69, 9.17) is 10.3 Å². The maximum Gasteiger partial charge on any atom is 0.276 e. The SMILES string of the molecule is Cc1cc(C(=O)N2CCC(N(C(=O)C3CC3)C3CC3)C[C@@H]2C(=O)NCC2CCC(CN)CC2)no1. The van der Waals surface area contributed by atoms with Crippen LogP contribution >= 0.6 is 0 Å². The molecule has 0 spiro atoms. The highest BCUT2D eigenvalue weighted by Gasteiger charge is 2.47. The molecule has 3 aliphatic carbocycles. The van der Waals surface area contributed by atoms with Gasteiger partial charge in [0.2, 0.25) is 11.8 Å². The lowest BCUT2D eigenvalue weighted by Gasteiger charge is -2.43. The molecule has 3 saturated carbocycles.